The predicted octanol–water partition coefficient (Wildman–Crippen LogP) is 13.7. The molecule has 0 radical (unpaired) electrons. The fourth-order valence-electron chi connectivity index (χ4n) is 8.96. The predicted molar refractivity (Wildman–Crippen MR) is 262 cm³/mol. The molecule has 0 atom stereocenters. The van der Waals surface area contributed by atoms with Crippen LogP contribution in [0.25, 0.3) is 47.7 Å². The molecule has 3 aliphatic rings. The van der Waals surface area contributed by atoms with Crippen LogP contribution in [0.1, 0.15) is 112 Å². The molecule has 2 aromatic heterocycles. The van der Waals surface area contributed by atoms with Crippen molar-refractivity contribution in [2.45, 2.75) is 85.5 Å². The maximum Gasteiger partial charge on any atom is 0.252 e. The average Bonchev–Trinajstić information content (AvgIpc) is 2.02. The zero-order chi connectivity index (χ0) is 58.8. The van der Waals surface area contributed by atoms with Crippen LogP contribution in [0.15, 0.2) is 121 Å². The summed E-state index contributed by atoms with van der Waals surface area (Å²) in [6, 6.07) is -9.11. The van der Waals surface area contributed by atoms with Gasteiger partial charge < -0.3 is 14.4 Å². The molecule has 0 unspecified atom stereocenters. The van der Waals surface area contributed by atoms with Crippen molar-refractivity contribution in [1.29, 1.82) is 0 Å². The van der Waals surface area contributed by atoms with Gasteiger partial charge >= 0.3 is 0 Å². The Kier molecular flexibility index (Phi) is 4.14. The summed E-state index contributed by atoms with van der Waals surface area (Å²) in [6.45, 7) is 16.0. The van der Waals surface area contributed by atoms with Crippen molar-refractivity contribution in [2.75, 3.05) is 9.80 Å². The van der Waals surface area contributed by atoms with Gasteiger partial charge in [-0.2, -0.15) is 0 Å². The van der Waals surface area contributed by atoms with E-state index >= 15 is 0 Å². The zero-order valence-corrected chi connectivity index (χ0v) is 35.6. The summed E-state index contributed by atoms with van der Waals surface area (Å²) < 4.78 is 196. The Morgan fingerprint density at radius 3 is 1.92 bits per heavy atom. The highest BCUT2D eigenvalue weighted by molar-refractivity contribution is 7.26. The van der Waals surface area contributed by atoms with Crippen LogP contribution in [0.3, 0.4) is 0 Å². The minimum Gasteiger partial charge on any atom is -0.311 e. The van der Waals surface area contributed by atoms with Gasteiger partial charge in [0.05, 0.1) is 61.2 Å². The van der Waals surface area contributed by atoms with Gasteiger partial charge in [-0.25, -0.2) is 0 Å². The molecule has 0 spiro atoms. The van der Waals surface area contributed by atoms with Crippen molar-refractivity contribution in [3.05, 3.63) is 143 Å². The smallest absolute Gasteiger partial charge is 0.252 e. The van der Waals surface area contributed by atoms with Gasteiger partial charge in [-0.1, -0.05) is 117 Å². The van der Waals surface area contributed by atoms with Gasteiger partial charge in [0.15, 0.2) is 0 Å². The molecule has 9 aromatic rings. The number of fused-ring (bicyclic) bond motifs is 12. The molecular weight excluding hydrogens is 746 g/mol. The van der Waals surface area contributed by atoms with E-state index < -0.39 is 102 Å². The number of rotatable bonds is 1. The number of hydrogen-bond acceptors (Lipinski definition) is 3. The highest BCUT2D eigenvalue weighted by Crippen LogP contribution is 2.54. The van der Waals surface area contributed by atoms with Crippen molar-refractivity contribution in [3.8, 4) is 5.69 Å². The van der Waals surface area contributed by atoms with E-state index in [2.05, 4.69) is 0 Å². The molecule has 0 bridgehead atoms. The SMILES string of the molecule is [2H]c1c([2H])c2c3c(c1[2H])-n1c4c([2H])c([2H])c(C(C)(C)C)c([2H])c4c4c([2H])c(C(C)(C)C)c([2H])c(c41)N3c1c([2H])c(C)c([2H])c3c1B2c1c([2H])c(C(C)(C)C)c([2H])c([2H])c1N3c1c([2H])c([2H])c([2H])c2sc3c([2H])c([2H])c([2H])c([2H])c3c12. The second kappa shape index (κ2) is 11.7. The molecule has 0 aliphatic carbocycles. The summed E-state index contributed by atoms with van der Waals surface area (Å²) in [6.07, 6.45) is 0. The van der Waals surface area contributed by atoms with Crippen LogP contribution in [0.5, 0.6) is 0 Å². The molecule has 0 N–H and O–H groups in total. The Morgan fingerprint density at radius 2 is 1.15 bits per heavy atom. The van der Waals surface area contributed by atoms with Gasteiger partial charge in [-0.3, -0.25) is 0 Å². The minimum atomic E-state index is -1.54. The Balaban J connectivity index is 1.41. The zero-order valence-electron chi connectivity index (χ0n) is 54.8. The lowest BCUT2D eigenvalue weighted by molar-refractivity contribution is 0.590. The summed E-state index contributed by atoms with van der Waals surface area (Å²) in [5.41, 5.74) is -3.88. The lowest BCUT2D eigenvalue weighted by atomic mass is 9.33. The molecule has 294 valence electrons. The third kappa shape index (κ3) is 4.79. The number of anilines is 6. The Morgan fingerprint density at radius 1 is 0.500 bits per heavy atom. The normalized spacial score (nSPS) is 19.1. The molecular formula is C55H50BN3S. The number of nitrogens with zero attached hydrogens (tertiary/aromatic N) is 3. The van der Waals surface area contributed by atoms with Crippen molar-refractivity contribution in [1.82, 2.24) is 4.57 Å². The molecule has 5 heterocycles. The van der Waals surface area contributed by atoms with Gasteiger partial charge in [0.25, 0.3) is 6.71 Å². The number of benzene rings is 7. The fourth-order valence-corrected chi connectivity index (χ4v) is 9.92. The van der Waals surface area contributed by atoms with Gasteiger partial charge in [0.2, 0.25) is 0 Å². The molecule has 3 aliphatic heterocycles. The molecule has 5 heteroatoms. The van der Waals surface area contributed by atoms with Crippen LogP contribution in [-0.2, 0) is 16.2 Å². The Bertz CT molecular complexity index is 4520. The third-order valence-electron chi connectivity index (χ3n) is 11.9. The van der Waals surface area contributed by atoms with Crippen LogP contribution >= 0.6 is 11.3 Å². The van der Waals surface area contributed by atoms with E-state index in [4.69, 9.17) is 4.11 Å². The van der Waals surface area contributed by atoms with E-state index in [0.29, 0.717) is 0 Å². The standard InChI is InChI=1S/C55H50BN3S/c1-31-25-44-50-45(26-31)59-46-30-34(55(8,9)10)28-37-36-27-32(53(2,3)4)21-23-40(36)58(51(37)46)43-18-13-16-38(52(43)59)56(50)39-29-33(54(5,6)7)22-24-41(39)57(44)42-17-14-20-48-49(42)35-15-11-12-19-47(35)60-48/h11-30H,1-10H3/i11D,12D,13D,14D,15D,16D,17D,18D,19D,20D,21D,22D,23D,24D,25D,26D,27D,28D,29D,30D. The minimum absolute atomic E-state index is 0.0142. The van der Waals surface area contributed by atoms with Crippen molar-refractivity contribution >= 4 is 111 Å². The second-order valence-corrected chi connectivity index (χ2v) is 20.1. The van der Waals surface area contributed by atoms with E-state index in [9.17, 15) is 23.3 Å². The van der Waals surface area contributed by atoms with Crippen LogP contribution in [0, 0.1) is 6.92 Å². The fraction of sp³-hybridized carbons (Fsp3) is 0.236. The average molecular weight is 816 g/mol. The van der Waals surface area contributed by atoms with Gasteiger partial charge in [-0.05, 0) is 128 Å². The third-order valence-corrected chi connectivity index (χ3v) is 12.9. The quantitative estimate of drug-likeness (QED) is 0.153. The first kappa shape index (κ1) is 21.1. The molecule has 0 saturated heterocycles. The van der Waals surface area contributed by atoms with Crippen LogP contribution in [0.4, 0.5) is 34.1 Å². The van der Waals surface area contributed by atoms with Crippen molar-refractivity contribution < 1.29 is 27.4 Å². The molecule has 7 aromatic carbocycles. The van der Waals surface area contributed by atoms with E-state index in [-0.39, 0.29) is 163 Å². The summed E-state index contributed by atoms with van der Waals surface area (Å²) in [5, 5.41) is -0.0810. The molecule has 0 amide bonds. The van der Waals surface area contributed by atoms with Crippen LogP contribution < -0.4 is 26.2 Å². The maximum atomic E-state index is 10.4. The number of para-hydroxylation sites is 1. The maximum absolute atomic E-state index is 10.4. The van der Waals surface area contributed by atoms with Gasteiger partial charge in [0.1, 0.15) is 0 Å². The first-order valence-corrected chi connectivity index (χ1v) is 20.9. The molecule has 0 fully saturated rings. The van der Waals surface area contributed by atoms with Crippen molar-refractivity contribution in [2.24, 2.45) is 0 Å². The van der Waals surface area contributed by atoms with Crippen LogP contribution in [-0.4, -0.2) is 11.3 Å². The van der Waals surface area contributed by atoms with Crippen LogP contribution in [0.2, 0.25) is 0 Å². The lowest BCUT2D eigenvalue weighted by Gasteiger charge is -2.46. The number of thiophene rings is 1. The highest BCUT2D eigenvalue weighted by atomic mass is 32.1. The molecule has 12 rings (SSSR count). The summed E-state index contributed by atoms with van der Waals surface area (Å²) in [4.78, 5) is 2.78. The van der Waals surface area contributed by atoms with E-state index in [1.807, 2.05) is 20.8 Å². The summed E-state index contributed by atoms with van der Waals surface area (Å²) in [7, 11) is 0. The van der Waals surface area contributed by atoms with Gasteiger partial charge in [0, 0.05) is 48.0 Å². The largest absolute Gasteiger partial charge is 0.311 e. The summed E-state index contributed by atoms with van der Waals surface area (Å²) in [5.74, 6) is 0. The van der Waals surface area contributed by atoms with E-state index in [1.165, 1.54) is 21.3 Å². The Labute approximate surface area is 386 Å². The molecule has 0 saturated carbocycles. The highest BCUT2D eigenvalue weighted by Gasteiger charge is 2.47. The first-order valence-electron chi connectivity index (χ1n) is 30.0. The number of aromatic nitrogens is 1. The molecule has 60 heavy (non-hydrogen) atoms. The Hall–Kier alpha value is -5.78. The summed E-state index contributed by atoms with van der Waals surface area (Å²) >= 11 is 0.798. The number of hydrogen-bond donors (Lipinski definition) is 0. The van der Waals surface area contributed by atoms with E-state index in [1.54, 1.807) is 41.5 Å². The first-order chi connectivity index (χ1) is 37.0. The van der Waals surface area contributed by atoms with Crippen molar-refractivity contribution in [3.63, 3.8) is 0 Å². The van der Waals surface area contributed by atoms with Gasteiger partial charge in [-0.15, -0.1) is 11.3 Å². The molecule has 3 nitrogen and oxygen atoms in total. The lowest BCUT2D eigenvalue weighted by Crippen LogP contribution is -2.62. The second-order valence-electron chi connectivity index (χ2n) is 19.1. The topological polar surface area (TPSA) is 11.4 Å². The monoisotopic (exact) mass is 816 g/mol. The van der Waals surface area contributed by atoms with E-state index in [0.717, 1.165) is 11.3 Å².